The standard InChI is InChI=1S/C17H11N3O2S/c18-8-12-6-7-15(19-9-12)17(21)22-11-14-10-20-16(23-14)13-4-2-1-3-5-13/h1-7,9-10H,11H2. The Balaban J connectivity index is 1.63. The first-order valence-corrected chi connectivity index (χ1v) is 7.61. The second-order valence-electron chi connectivity index (χ2n) is 4.62. The van der Waals surface area contributed by atoms with E-state index in [9.17, 15) is 4.79 Å². The Morgan fingerprint density at radius 1 is 1.13 bits per heavy atom. The lowest BCUT2D eigenvalue weighted by molar-refractivity contribution is 0.0469. The molecule has 0 fully saturated rings. The molecule has 0 spiro atoms. The third-order valence-electron chi connectivity index (χ3n) is 3.02. The highest BCUT2D eigenvalue weighted by molar-refractivity contribution is 7.15. The number of benzene rings is 1. The van der Waals surface area contributed by atoms with Gasteiger partial charge >= 0.3 is 5.97 Å². The summed E-state index contributed by atoms with van der Waals surface area (Å²) in [6.07, 6.45) is 3.04. The number of carbonyl (C=O) groups is 1. The summed E-state index contributed by atoms with van der Waals surface area (Å²) in [6.45, 7) is 0.144. The minimum absolute atomic E-state index is 0.144. The van der Waals surface area contributed by atoms with Crippen LogP contribution in [0.1, 0.15) is 20.9 Å². The smallest absolute Gasteiger partial charge is 0.357 e. The Morgan fingerprint density at radius 3 is 2.65 bits per heavy atom. The molecular formula is C17H11N3O2S. The topological polar surface area (TPSA) is 75.9 Å². The molecule has 5 nitrogen and oxygen atoms in total. The van der Waals surface area contributed by atoms with E-state index in [0.717, 1.165) is 15.4 Å². The number of thiazole rings is 1. The quantitative estimate of drug-likeness (QED) is 0.688. The third-order valence-corrected chi connectivity index (χ3v) is 4.04. The summed E-state index contributed by atoms with van der Waals surface area (Å²) in [4.78, 5) is 21.0. The van der Waals surface area contributed by atoms with Crippen LogP contribution < -0.4 is 0 Å². The molecule has 0 aliphatic carbocycles. The predicted octanol–water partition coefficient (Wildman–Crippen LogP) is 3.43. The van der Waals surface area contributed by atoms with Crippen LogP contribution >= 0.6 is 11.3 Å². The van der Waals surface area contributed by atoms with Gasteiger partial charge in [0.2, 0.25) is 0 Å². The summed E-state index contributed by atoms with van der Waals surface area (Å²) in [6, 6.07) is 14.8. The molecule has 0 radical (unpaired) electrons. The number of pyridine rings is 1. The van der Waals surface area contributed by atoms with E-state index in [2.05, 4.69) is 9.97 Å². The van der Waals surface area contributed by atoms with E-state index in [1.807, 2.05) is 36.4 Å². The number of rotatable bonds is 4. The minimum atomic E-state index is -0.524. The Hall–Kier alpha value is -3.04. The second kappa shape index (κ2) is 6.81. The maximum absolute atomic E-state index is 11.9. The van der Waals surface area contributed by atoms with Gasteiger partial charge in [0.1, 0.15) is 23.4 Å². The van der Waals surface area contributed by atoms with Crippen LogP contribution in [-0.2, 0) is 11.3 Å². The van der Waals surface area contributed by atoms with Gasteiger partial charge < -0.3 is 4.74 Å². The van der Waals surface area contributed by atoms with E-state index in [1.165, 1.54) is 29.7 Å². The Morgan fingerprint density at radius 2 is 1.96 bits per heavy atom. The fourth-order valence-electron chi connectivity index (χ4n) is 1.88. The van der Waals surface area contributed by atoms with Crippen LogP contribution in [0.15, 0.2) is 54.9 Å². The van der Waals surface area contributed by atoms with Crippen molar-refractivity contribution in [2.24, 2.45) is 0 Å². The lowest BCUT2D eigenvalue weighted by atomic mass is 10.2. The lowest BCUT2D eigenvalue weighted by Crippen LogP contribution is -2.06. The van der Waals surface area contributed by atoms with Gasteiger partial charge in [0.15, 0.2) is 0 Å². The molecule has 0 amide bonds. The van der Waals surface area contributed by atoms with Gasteiger partial charge in [0.05, 0.1) is 10.4 Å². The van der Waals surface area contributed by atoms with Crippen LogP contribution in [0.4, 0.5) is 0 Å². The normalized spacial score (nSPS) is 10.0. The van der Waals surface area contributed by atoms with Gasteiger partial charge in [0, 0.05) is 18.0 Å². The van der Waals surface area contributed by atoms with Crippen molar-refractivity contribution in [3.05, 3.63) is 71.0 Å². The molecule has 0 atom stereocenters. The molecule has 3 aromatic rings. The molecule has 0 unspecified atom stereocenters. The van der Waals surface area contributed by atoms with E-state index >= 15 is 0 Å². The van der Waals surface area contributed by atoms with Gasteiger partial charge in [-0.3, -0.25) is 0 Å². The van der Waals surface area contributed by atoms with Crippen LogP contribution in [0.3, 0.4) is 0 Å². The van der Waals surface area contributed by atoms with Crippen LogP contribution in [-0.4, -0.2) is 15.9 Å². The zero-order valence-electron chi connectivity index (χ0n) is 12.0. The SMILES string of the molecule is N#Cc1ccc(C(=O)OCc2cnc(-c3ccccc3)s2)nc1. The summed E-state index contributed by atoms with van der Waals surface area (Å²) in [5.74, 6) is -0.524. The minimum Gasteiger partial charge on any atom is -0.455 e. The van der Waals surface area contributed by atoms with Gasteiger partial charge in [-0.2, -0.15) is 5.26 Å². The number of ether oxygens (including phenoxy) is 1. The molecule has 2 aromatic heterocycles. The molecule has 23 heavy (non-hydrogen) atoms. The molecular weight excluding hydrogens is 310 g/mol. The lowest BCUT2D eigenvalue weighted by Gasteiger charge is -2.02. The molecule has 0 saturated carbocycles. The summed E-state index contributed by atoms with van der Waals surface area (Å²) >= 11 is 1.48. The van der Waals surface area contributed by atoms with Crippen molar-refractivity contribution in [1.29, 1.82) is 5.26 Å². The molecule has 112 valence electrons. The molecule has 0 saturated heterocycles. The van der Waals surface area contributed by atoms with E-state index < -0.39 is 5.97 Å². The van der Waals surface area contributed by atoms with Crippen molar-refractivity contribution >= 4 is 17.3 Å². The van der Waals surface area contributed by atoms with Crippen LogP contribution in [0, 0.1) is 11.3 Å². The Kier molecular flexibility index (Phi) is 4.41. The summed E-state index contributed by atoms with van der Waals surface area (Å²) in [5, 5.41) is 9.59. The molecule has 2 heterocycles. The number of aromatic nitrogens is 2. The van der Waals surface area contributed by atoms with Crippen molar-refractivity contribution in [3.63, 3.8) is 0 Å². The largest absolute Gasteiger partial charge is 0.455 e. The molecule has 3 rings (SSSR count). The number of carbonyl (C=O) groups excluding carboxylic acids is 1. The number of hydrogen-bond acceptors (Lipinski definition) is 6. The van der Waals surface area contributed by atoms with Gasteiger partial charge in [-0.25, -0.2) is 14.8 Å². The first-order chi connectivity index (χ1) is 11.3. The molecule has 1 aromatic carbocycles. The maximum atomic E-state index is 11.9. The average molecular weight is 321 g/mol. The van der Waals surface area contributed by atoms with E-state index in [4.69, 9.17) is 10.00 Å². The van der Waals surface area contributed by atoms with Gasteiger partial charge in [-0.05, 0) is 12.1 Å². The molecule has 0 bridgehead atoms. The molecule has 6 heteroatoms. The van der Waals surface area contributed by atoms with Crippen LogP contribution in [0.25, 0.3) is 10.6 Å². The fraction of sp³-hybridized carbons (Fsp3) is 0.0588. The molecule has 0 N–H and O–H groups in total. The zero-order chi connectivity index (χ0) is 16.1. The van der Waals surface area contributed by atoms with Crippen LogP contribution in [0.2, 0.25) is 0 Å². The van der Waals surface area contributed by atoms with Gasteiger partial charge in [0.25, 0.3) is 0 Å². The summed E-state index contributed by atoms with van der Waals surface area (Å²) in [5.41, 5.74) is 1.61. The van der Waals surface area contributed by atoms with E-state index in [0.29, 0.717) is 5.56 Å². The summed E-state index contributed by atoms with van der Waals surface area (Å²) in [7, 11) is 0. The third kappa shape index (κ3) is 3.59. The predicted molar refractivity (Wildman–Crippen MR) is 85.6 cm³/mol. The van der Waals surface area contributed by atoms with Crippen LogP contribution in [0.5, 0.6) is 0 Å². The first-order valence-electron chi connectivity index (χ1n) is 6.79. The molecule has 0 aliphatic heterocycles. The average Bonchev–Trinajstić information content (AvgIpc) is 3.09. The van der Waals surface area contributed by atoms with Crippen molar-refractivity contribution in [1.82, 2.24) is 9.97 Å². The van der Waals surface area contributed by atoms with Crippen molar-refractivity contribution < 1.29 is 9.53 Å². The number of nitriles is 1. The highest BCUT2D eigenvalue weighted by Crippen LogP contribution is 2.25. The van der Waals surface area contributed by atoms with E-state index in [1.54, 1.807) is 6.20 Å². The van der Waals surface area contributed by atoms with Crippen molar-refractivity contribution in [2.45, 2.75) is 6.61 Å². The Labute approximate surface area is 136 Å². The Bertz CT molecular complexity index is 852. The highest BCUT2D eigenvalue weighted by atomic mass is 32.1. The van der Waals surface area contributed by atoms with E-state index in [-0.39, 0.29) is 12.3 Å². The summed E-state index contributed by atoms with van der Waals surface area (Å²) < 4.78 is 5.22. The second-order valence-corrected chi connectivity index (χ2v) is 5.73. The van der Waals surface area contributed by atoms with Gasteiger partial charge in [-0.15, -0.1) is 11.3 Å². The van der Waals surface area contributed by atoms with Gasteiger partial charge in [-0.1, -0.05) is 30.3 Å². The monoisotopic (exact) mass is 321 g/mol. The zero-order valence-corrected chi connectivity index (χ0v) is 12.8. The van der Waals surface area contributed by atoms with Crippen molar-refractivity contribution in [3.8, 4) is 16.6 Å². The van der Waals surface area contributed by atoms with Crippen molar-refractivity contribution in [2.75, 3.05) is 0 Å². The maximum Gasteiger partial charge on any atom is 0.357 e. The number of nitrogens with zero attached hydrogens (tertiary/aromatic N) is 3. The molecule has 0 aliphatic rings. The number of esters is 1. The highest BCUT2D eigenvalue weighted by Gasteiger charge is 2.11. The number of hydrogen-bond donors (Lipinski definition) is 0. The fourth-order valence-corrected chi connectivity index (χ4v) is 2.71. The first kappa shape index (κ1) is 14.9.